The summed E-state index contributed by atoms with van der Waals surface area (Å²) in [5, 5.41) is 0. The van der Waals surface area contributed by atoms with Crippen LogP contribution in [-0.4, -0.2) is 19.4 Å². The number of rotatable bonds is 0. The normalized spacial score (nSPS) is 24.2. The first kappa shape index (κ1) is 11.4. The van der Waals surface area contributed by atoms with Crippen molar-refractivity contribution in [3.05, 3.63) is 53.1 Å². The van der Waals surface area contributed by atoms with Crippen LogP contribution in [-0.2, 0) is 11.8 Å². The maximum Gasteiger partial charge on any atom is 0.127 e. The number of aliphatic imine (C=N–C) groups is 1. The number of ether oxygens (including phenoxy) is 2. The first-order chi connectivity index (χ1) is 10.4. The molecule has 3 heterocycles. The van der Waals surface area contributed by atoms with E-state index in [-0.39, 0.29) is 5.41 Å². The lowest BCUT2D eigenvalue weighted by Crippen LogP contribution is -2.34. The van der Waals surface area contributed by atoms with Gasteiger partial charge in [0.25, 0.3) is 0 Å². The predicted molar refractivity (Wildman–Crippen MR) is 81.1 cm³/mol. The molecule has 5 rings (SSSR count). The zero-order valence-corrected chi connectivity index (χ0v) is 11.6. The van der Waals surface area contributed by atoms with E-state index in [1.54, 1.807) is 0 Å². The highest BCUT2D eigenvalue weighted by molar-refractivity contribution is 5.90. The van der Waals surface area contributed by atoms with Crippen molar-refractivity contribution < 1.29 is 9.47 Å². The van der Waals surface area contributed by atoms with E-state index in [0.717, 1.165) is 36.6 Å². The molecular formula is C18H15NO2. The van der Waals surface area contributed by atoms with Crippen molar-refractivity contribution in [3.63, 3.8) is 0 Å². The number of hydrogen-bond acceptors (Lipinski definition) is 3. The quantitative estimate of drug-likeness (QED) is 0.739. The van der Waals surface area contributed by atoms with Crippen LogP contribution in [0.5, 0.6) is 11.5 Å². The van der Waals surface area contributed by atoms with Crippen LogP contribution in [0.1, 0.15) is 23.1 Å². The Kier molecular flexibility index (Phi) is 2.10. The van der Waals surface area contributed by atoms with Gasteiger partial charge in [0.05, 0.1) is 24.3 Å². The van der Waals surface area contributed by atoms with Gasteiger partial charge in [-0.2, -0.15) is 0 Å². The third-order valence-electron chi connectivity index (χ3n) is 4.83. The molecule has 0 bridgehead atoms. The van der Waals surface area contributed by atoms with Crippen molar-refractivity contribution in [2.45, 2.75) is 18.3 Å². The molecular weight excluding hydrogens is 262 g/mol. The molecule has 1 spiro atoms. The van der Waals surface area contributed by atoms with E-state index in [1.807, 2.05) is 6.07 Å². The molecule has 0 saturated carbocycles. The fraction of sp³-hybridized carbons (Fsp3) is 0.278. The van der Waals surface area contributed by atoms with E-state index in [2.05, 4.69) is 41.5 Å². The lowest BCUT2D eigenvalue weighted by Gasteiger charge is -2.34. The second-order valence-electron chi connectivity index (χ2n) is 5.90. The maximum atomic E-state index is 5.91. The van der Waals surface area contributed by atoms with E-state index in [0.29, 0.717) is 6.61 Å². The molecule has 0 aromatic heterocycles. The van der Waals surface area contributed by atoms with Crippen molar-refractivity contribution in [2.75, 3.05) is 13.2 Å². The Morgan fingerprint density at radius 2 is 1.86 bits per heavy atom. The summed E-state index contributed by atoms with van der Waals surface area (Å²) < 4.78 is 11.6. The van der Waals surface area contributed by atoms with E-state index in [4.69, 9.17) is 9.47 Å². The molecule has 0 amide bonds. The van der Waals surface area contributed by atoms with Crippen molar-refractivity contribution in [1.29, 1.82) is 0 Å². The Hall–Kier alpha value is -2.29. The maximum absolute atomic E-state index is 5.91. The van der Waals surface area contributed by atoms with Crippen molar-refractivity contribution in [3.8, 4) is 11.5 Å². The molecule has 21 heavy (non-hydrogen) atoms. The van der Waals surface area contributed by atoms with Crippen LogP contribution in [0.3, 0.4) is 0 Å². The molecule has 2 aromatic rings. The molecule has 0 N–H and O–H groups in total. The molecule has 3 nitrogen and oxygen atoms in total. The minimum absolute atomic E-state index is 0.123. The van der Waals surface area contributed by atoms with Gasteiger partial charge in [-0.15, -0.1) is 0 Å². The Morgan fingerprint density at radius 3 is 2.86 bits per heavy atom. The number of hydrogen-bond donors (Lipinski definition) is 0. The third-order valence-corrected chi connectivity index (χ3v) is 4.83. The predicted octanol–water partition coefficient (Wildman–Crippen LogP) is 3.41. The molecule has 3 heteroatoms. The van der Waals surface area contributed by atoms with Crippen LogP contribution in [0.25, 0.3) is 0 Å². The first-order valence-corrected chi connectivity index (χ1v) is 7.45. The van der Waals surface area contributed by atoms with Gasteiger partial charge in [0, 0.05) is 30.7 Å². The van der Waals surface area contributed by atoms with Gasteiger partial charge in [-0.25, -0.2) is 0 Å². The third kappa shape index (κ3) is 1.41. The molecule has 0 aliphatic carbocycles. The molecule has 1 atom stereocenters. The fourth-order valence-corrected chi connectivity index (χ4v) is 3.76. The molecule has 3 aliphatic rings. The van der Waals surface area contributed by atoms with E-state index >= 15 is 0 Å². The minimum atomic E-state index is -0.123. The standard InChI is InChI=1S/C18H15NO2/c1-2-4-15-13(3-1)18(11-19-15)6-8-21-17-10-16-12(5-7-20-16)9-14(17)18/h1-4,9-11H,5-8H2. The van der Waals surface area contributed by atoms with Crippen molar-refractivity contribution in [1.82, 2.24) is 0 Å². The summed E-state index contributed by atoms with van der Waals surface area (Å²) in [5.74, 6) is 1.93. The highest BCUT2D eigenvalue weighted by Crippen LogP contribution is 2.50. The Morgan fingerprint density at radius 1 is 0.952 bits per heavy atom. The summed E-state index contributed by atoms with van der Waals surface area (Å²) in [6.45, 7) is 1.49. The van der Waals surface area contributed by atoms with Crippen molar-refractivity contribution >= 4 is 11.9 Å². The Balaban J connectivity index is 1.78. The van der Waals surface area contributed by atoms with Crippen LogP contribution in [0.4, 0.5) is 5.69 Å². The van der Waals surface area contributed by atoms with Gasteiger partial charge in [-0.1, -0.05) is 18.2 Å². The van der Waals surface area contributed by atoms with Gasteiger partial charge in [0.2, 0.25) is 0 Å². The molecule has 104 valence electrons. The Labute approximate surface area is 123 Å². The molecule has 0 radical (unpaired) electrons. The van der Waals surface area contributed by atoms with Gasteiger partial charge in [-0.3, -0.25) is 4.99 Å². The van der Waals surface area contributed by atoms with Crippen LogP contribution in [0.2, 0.25) is 0 Å². The fourth-order valence-electron chi connectivity index (χ4n) is 3.76. The summed E-state index contributed by atoms with van der Waals surface area (Å²) in [6.07, 6.45) is 4.04. The van der Waals surface area contributed by atoms with E-state index in [9.17, 15) is 0 Å². The van der Waals surface area contributed by atoms with Gasteiger partial charge < -0.3 is 9.47 Å². The molecule has 0 fully saturated rings. The average molecular weight is 277 g/mol. The second-order valence-corrected chi connectivity index (χ2v) is 5.90. The number of fused-ring (bicyclic) bond motifs is 5. The number of para-hydroxylation sites is 1. The van der Waals surface area contributed by atoms with E-state index < -0.39 is 0 Å². The zero-order valence-electron chi connectivity index (χ0n) is 11.6. The highest BCUT2D eigenvalue weighted by Gasteiger charge is 2.43. The van der Waals surface area contributed by atoms with Gasteiger partial charge in [-0.05, 0) is 23.3 Å². The van der Waals surface area contributed by atoms with Crippen molar-refractivity contribution in [2.24, 2.45) is 4.99 Å². The van der Waals surface area contributed by atoms with Gasteiger partial charge in [0.1, 0.15) is 11.5 Å². The lowest BCUT2D eigenvalue weighted by molar-refractivity contribution is 0.262. The smallest absolute Gasteiger partial charge is 0.127 e. The second kappa shape index (κ2) is 3.88. The van der Waals surface area contributed by atoms with Gasteiger partial charge >= 0.3 is 0 Å². The van der Waals surface area contributed by atoms with E-state index in [1.165, 1.54) is 16.7 Å². The SMILES string of the molecule is C1=Nc2ccccc2C12CCOc1cc3c(cc12)CCO3. The number of benzene rings is 2. The summed E-state index contributed by atoms with van der Waals surface area (Å²) >= 11 is 0. The van der Waals surface area contributed by atoms with Crippen LogP contribution >= 0.6 is 0 Å². The summed E-state index contributed by atoms with van der Waals surface area (Å²) in [4.78, 5) is 4.66. The molecule has 0 saturated heterocycles. The average Bonchev–Trinajstić information content (AvgIpc) is 3.12. The monoisotopic (exact) mass is 277 g/mol. The topological polar surface area (TPSA) is 30.8 Å². The van der Waals surface area contributed by atoms with Gasteiger partial charge in [0.15, 0.2) is 0 Å². The molecule has 2 aromatic carbocycles. The summed E-state index contributed by atoms with van der Waals surface area (Å²) in [5.41, 5.74) is 4.79. The Bertz CT molecular complexity index is 781. The largest absolute Gasteiger partial charge is 0.493 e. The zero-order chi connectivity index (χ0) is 13.9. The van der Waals surface area contributed by atoms with Crippen LogP contribution < -0.4 is 9.47 Å². The van der Waals surface area contributed by atoms with Crippen LogP contribution in [0.15, 0.2) is 41.4 Å². The van der Waals surface area contributed by atoms with Crippen LogP contribution in [0, 0.1) is 0 Å². The summed E-state index contributed by atoms with van der Waals surface area (Å²) in [6, 6.07) is 12.8. The first-order valence-electron chi connectivity index (χ1n) is 7.45. The summed E-state index contributed by atoms with van der Waals surface area (Å²) in [7, 11) is 0. The highest BCUT2D eigenvalue weighted by atomic mass is 16.5. The molecule has 1 unspecified atom stereocenters. The number of nitrogens with zero attached hydrogens (tertiary/aromatic N) is 1. The lowest BCUT2D eigenvalue weighted by atomic mass is 9.72. The minimum Gasteiger partial charge on any atom is -0.493 e. The molecule has 3 aliphatic heterocycles.